The van der Waals surface area contributed by atoms with E-state index in [1.807, 2.05) is 0 Å². The molecule has 1 saturated carbocycles. The van der Waals surface area contributed by atoms with Crippen molar-refractivity contribution in [3.8, 4) is 0 Å². The fraction of sp³-hybridized carbons (Fsp3) is 0.500. The van der Waals surface area contributed by atoms with Crippen LogP contribution in [0.15, 0.2) is 35.4 Å². The summed E-state index contributed by atoms with van der Waals surface area (Å²) in [6, 6.07) is 0. The first-order chi connectivity index (χ1) is 6.36. The molecule has 0 saturated heterocycles. The summed E-state index contributed by atoms with van der Waals surface area (Å²) < 4.78 is 0. The monoisotopic (exact) mass is 190 g/mol. The molecule has 0 aromatic carbocycles. The third-order valence-electron chi connectivity index (χ3n) is 4.39. The molecule has 2 bridgehead atoms. The third kappa shape index (κ3) is 0.604. The van der Waals surface area contributed by atoms with Crippen molar-refractivity contribution in [3.63, 3.8) is 0 Å². The van der Waals surface area contributed by atoms with E-state index in [0.29, 0.717) is 5.92 Å². The molecule has 0 amide bonds. The molecule has 66 valence electrons. The van der Waals surface area contributed by atoms with E-state index in [2.05, 4.69) is 30.4 Å². The second kappa shape index (κ2) is 1.95. The van der Waals surface area contributed by atoms with Gasteiger partial charge in [0, 0.05) is 11.0 Å². The van der Waals surface area contributed by atoms with Crippen LogP contribution >= 0.6 is 11.6 Å². The molecule has 0 unspecified atom stereocenters. The molecule has 0 radical (unpaired) electrons. The lowest BCUT2D eigenvalue weighted by molar-refractivity contribution is 0.0657. The van der Waals surface area contributed by atoms with E-state index in [1.54, 1.807) is 0 Å². The molecule has 5 rings (SSSR count). The van der Waals surface area contributed by atoms with Gasteiger partial charge in [0.2, 0.25) is 0 Å². The Labute approximate surface area is 83.0 Å². The van der Waals surface area contributed by atoms with Crippen molar-refractivity contribution in [1.82, 2.24) is 0 Å². The summed E-state index contributed by atoms with van der Waals surface area (Å²) in [7, 11) is 0. The highest BCUT2D eigenvalue weighted by Crippen LogP contribution is 2.62. The topological polar surface area (TPSA) is 0 Å². The Morgan fingerprint density at radius 3 is 2.00 bits per heavy atom. The second-order valence-electron chi connectivity index (χ2n) is 4.73. The first-order valence-corrected chi connectivity index (χ1v) is 5.48. The molecular formula is C12H11Cl. The Morgan fingerprint density at radius 1 is 0.769 bits per heavy atom. The molecule has 1 heteroatoms. The molecule has 0 aliphatic heterocycles. The fourth-order valence-electron chi connectivity index (χ4n) is 3.65. The minimum absolute atomic E-state index is 0.683. The van der Waals surface area contributed by atoms with Crippen molar-refractivity contribution in [3.05, 3.63) is 35.4 Å². The van der Waals surface area contributed by atoms with Crippen LogP contribution in [0.4, 0.5) is 0 Å². The summed E-state index contributed by atoms with van der Waals surface area (Å²) in [6.45, 7) is 0. The average molecular weight is 191 g/mol. The van der Waals surface area contributed by atoms with Crippen molar-refractivity contribution in [2.75, 3.05) is 0 Å². The Morgan fingerprint density at radius 2 is 1.31 bits per heavy atom. The van der Waals surface area contributed by atoms with Crippen molar-refractivity contribution in [2.24, 2.45) is 35.5 Å². The molecule has 0 N–H and O–H groups in total. The van der Waals surface area contributed by atoms with E-state index < -0.39 is 0 Å². The predicted molar refractivity (Wildman–Crippen MR) is 53.2 cm³/mol. The van der Waals surface area contributed by atoms with E-state index in [0.717, 1.165) is 34.6 Å². The highest BCUT2D eigenvalue weighted by molar-refractivity contribution is 6.30. The van der Waals surface area contributed by atoms with Gasteiger partial charge in [-0.25, -0.2) is 0 Å². The van der Waals surface area contributed by atoms with E-state index >= 15 is 0 Å². The molecule has 13 heavy (non-hydrogen) atoms. The maximum atomic E-state index is 6.16. The highest BCUT2D eigenvalue weighted by atomic mass is 35.5. The van der Waals surface area contributed by atoms with Gasteiger partial charge in [-0.15, -0.1) is 0 Å². The molecule has 0 aromatic heterocycles. The van der Waals surface area contributed by atoms with Gasteiger partial charge in [-0.05, 0) is 29.6 Å². The van der Waals surface area contributed by atoms with Crippen LogP contribution in [0.3, 0.4) is 0 Å². The van der Waals surface area contributed by atoms with Gasteiger partial charge in [0.25, 0.3) is 0 Å². The number of hydrogen-bond donors (Lipinski definition) is 0. The van der Waals surface area contributed by atoms with Crippen LogP contribution in [-0.2, 0) is 0 Å². The van der Waals surface area contributed by atoms with Crippen LogP contribution in [-0.4, -0.2) is 0 Å². The van der Waals surface area contributed by atoms with Crippen molar-refractivity contribution in [1.29, 1.82) is 0 Å². The van der Waals surface area contributed by atoms with Crippen LogP contribution in [0.5, 0.6) is 0 Å². The van der Waals surface area contributed by atoms with Gasteiger partial charge in [-0.3, -0.25) is 0 Å². The van der Waals surface area contributed by atoms with Crippen LogP contribution in [0.2, 0.25) is 0 Å². The normalized spacial score (nSPS) is 59.0. The Hall–Kier alpha value is -0.490. The lowest BCUT2D eigenvalue weighted by Crippen LogP contribution is -2.52. The van der Waals surface area contributed by atoms with Crippen molar-refractivity contribution >= 4 is 11.6 Å². The average Bonchev–Trinajstić information content (AvgIpc) is 2.02. The van der Waals surface area contributed by atoms with Gasteiger partial charge in [-0.2, -0.15) is 0 Å². The molecule has 0 aromatic rings. The zero-order valence-electron chi connectivity index (χ0n) is 7.23. The third-order valence-corrected chi connectivity index (χ3v) is 4.77. The summed E-state index contributed by atoms with van der Waals surface area (Å²) in [4.78, 5) is 0. The van der Waals surface area contributed by atoms with Crippen LogP contribution in [0, 0.1) is 35.5 Å². The lowest BCUT2D eigenvalue weighted by atomic mass is 9.47. The van der Waals surface area contributed by atoms with Crippen LogP contribution in [0.1, 0.15) is 0 Å². The van der Waals surface area contributed by atoms with Gasteiger partial charge < -0.3 is 0 Å². The fourth-order valence-corrected chi connectivity index (χ4v) is 4.09. The quantitative estimate of drug-likeness (QED) is 0.516. The second-order valence-corrected chi connectivity index (χ2v) is 5.17. The lowest BCUT2D eigenvalue weighted by Gasteiger charge is -2.58. The Kier molecular flexibility index (Phi) is 1.04. The largest absolute Gasteiger partial charge is 0.0891 e. The van der Waals surface area contributed by atoms with Crippen molar-refractivity contribution < 1.29 is 0 Å². The minimum atomic E-state index is 0.683. The smallest absolute Gasteiger partial charge is 0.0187 e. The van der Waals surface area contributed by atoms with E-state index in [4.69, 9.17) is 11.6 Å². The molecule has 5 aliphatic rings. The molecule has 1 fully saturated rings. The van der Waals surface area contributed by atoms with E-state index in [9.17, 15) is 0 Å². The van der Waals surface area contributed by atoms with Gasteiger partial charge >= 0.3 is 0 Å². The number of hydrogen-bond acceptors (Lipinski definition) is 0. The van der Waals surface area contributed by atoms with Gasteiger partial charge in [0.05, 0.1) is 0 Å². The number of allylic oxidation sites excluding steroid dienone is 6. The molecule has 6 atom stereocenters. The maximum Gasteiger partial charge on any atom is 0.0187 e. The molecule has 5 aliphatic carbocycles. The Bertz CT molecular complexity index is 363. The molecular weight excluding hydrogens is 180 g/mol. The summed E-state index contributed by atoms with van der Waals surface area (Å²) in [5.41, 5.74) is 0. The summed E-state index contributed by atoms with van der Waals surface area (Å²) in [5, 5.41) is 1.13. The van der Waals surface area contributed by atoms with E-state index in [-0.39, 0.29) is 0 Å². The van der Waals surface area contributed by atoms with Gasteiger partial charge in [-0.1, -0.05) is 42.0 Å². The summed E-state index contributed by atoms with van der Waals surface area (Å²) in [5.74, 6) is 4.61. The number of halogens is 1. The van der Waals surface area contributed by atoms with Gasteiger partial charge in [0.1, 0.15) is 0 Å². The zero-order chi connectivity index (χ0) is 8.58. The van der Waals surface area contributed by atoms with Crippen molar-refractivity contribution in [2.45, 2.75) is 0 Å². The van der Waals surface area contributed by atoms with Gasteiger partial charge in [0.15, 0.2) is 0 Å². The molecule has 0 heterocycles. The minimum Gasteiger partial charge on any atom is -0.0891 e. The molecule has 0 nitrogen and oxygen atoms in total. The summed E-state index contributed by atoms with van der Waals surface area (Å²) in [6.07, 6.45) is 11.9. The molecule has 0 spiro atoms. The predicted octanol–water partition coefficient (Wildman–Crippen LogP) is 2.97. The zero-order valence-corrected chi connectivity index (χ0v) is 7.98. The number of rotatable bonds is 0. The first-order valence-electron chi connectivity index (χ1n) is 5.10. The summed E-state index contributed by atoms with van der Waals surface area (Å²) >= 11 is 6.16. The SMILES string of the molecule is ClC1=C[C@@H]2[C@H]3C=C[C@@H]([C@@H]4C=C[C@@H]43)[C@H]12. The van der Waals surface area contributed by atoms with E-state index in [1.165, 1.54) is 0 Å². The Balaban J connectivity index is 1.86. The maximum absolute atomic E-state index is 6.16. The standard InChI is InChI=1S/C12H11Cl/c13-11-5-10-8-3-4-9(12(10)11)7-2-1-6(7)8/h1-10,12H/t6-,7+,8-,9-,10+,12-/m0/s1. The van der Waals surface area contributed by atoms with Crippen LogP contribution in [0.25, 0.3) is 0 Å². The van der Waals surface area contributed by atoms with Crippen LogP contribution < -0.4 is 0 Å². The highest BCUT2D eigenvalue weighted by Gasteiger charge is 2.55. The first kappa shape index (κ1) is 6.89.